The Hall–Kier alpha value is -3.12. The van der Waals surface area contributed by atoms with Gasteiger partial charge in [-0.15, -0.1) is 0 Å². The molecule has 6 heteroatoms. The minimum Gasteiger partial charge on any atom is -0.497 e. The Kier molecular flexibility index (Phi) is 6.81. The van der Waals surface area contributed by atoms with Crippen LogP contribution in [0.25, 0.3) is 0 Å². The van der Waals surface area contributed by atoms with Gasteiger partial charge >= 0.3 is 0 Å². The van der Waals surface area contributed by atoms with E-state index in [9.17, 15) is 4.79 Å². The number of methoxy groups -OCH3 is 1. The molecule has 1 N–H and O–H groups in total. The lowest BCUT2D eigenvalue weighted by Gasteiger charge is -2.06. The van der Waals surface area contributed by atoms with Crippen molar-refractivity contribution in [2.24, 2.45) is 5.10 Å². The van der Waals surface area contributed by atoms with E-state index >= 15 is 0 Å². The fraction of sp³-hybridized carbons (Fsp3) is 0.0909. The van der Waals surface area contributed by atoms with Crippen LogP contribution in [0.4, 0.5) is 0 Å². The van der Waals surface area contributed by atoms with Crippen molar-refractivity contribution in [1.29, 1.82) is 0 Å². The van der Waals surface area contributed by atoms with Gasteiger partial charge in [-0.3, -0.25) is 4.79 Å². The second kappa shape index (κ2) is 9.71. The lowest BCUT2D eigenvalue weighted by atomic mass is 10.2. The number of hydrazone groups is 1. The van der Waals surface area contributed by atoms with Gasteiger partial charge in [0.15, 0.2) is 0 Å². The Bertz CT molecular complexity index is 937. The van der Waals surface area contributed by atoms with E-state index in [1.807, 2.05) is 48.5 Å². The van der Waals surface area contributed by atoms with E-state index in [2.05, 4.69) is 26.5 Å². The highest BCUT2D eigenvalue weighted by atomic mass is 79.9. The van der Waals surface area contributed by atoms with Crippen LogP contribution in [0, 0.1) is 0 Å². The minimum absolute atomic E-state index is 0.284. The van der Waals surface area contributed by atoms with E-state index in [1.165, 1.54) is 0 Å². The average molecular weight is 439 g/mol. The molecule has 3 rings (SSSR count). The van der Waals surface area contributed by atoms with Crippen molar-refractivity contribution >= 4 is 28.1 Å². The average Bonchev–Trinajstić information content (AvgIpc) is 2.74. The van der Waals surface area contributed by atoms with Crippen LogP contribution in [-0.4, -0.2) is 19.2 Å². The highest BCUT2D eigenvalue weighted by Crippen LogP contribution is 2.15. The van der Waals surface area contributed by atoms with Crippen LogP contribution in [-0.2, 0) is 6.61 Å². The maximum atomic E-state index is 12.0. The van der Waals surface area contributed by atoms with Gasteiger partial charge in [-0.1, -0.05) is 28.1 Å². The predicted octanol–water partition coefficient (Wildman–Crippen LogP) is 4.80. The van der Waals surface area contributed by atoms with Gasteiger partial charge in [0.1, 0.15) is 18.1 Å². The first kappa shape index (κ1) is 19.6. The summed E-state index contributed by atoms with van der Waals surface area (Å²) in [6, 6.07) is 22.3. The van der Waals surface area contributed by atoms with E-state index < -0.39 is 0 Å². The summed E-state index contributed by atoms with van der Waals surface area (Å²) >= 11 is 3.41. The third-order valence-electron chi connectivity index (χ3n) is 3.93. The molecule has 3 aromatic rings. The third-order valence-corrected chi connectivity index (χ3v) is 4.46. The highest BCUT2D eigenvalue weighted by molar-refractivity contribution is 9.10. The predicted molar refractivity (Wildman–Crippen MR) is 113 cm³/mol. The molecule has 0 unspecified atom stereocenters. The highest BCUT2D eigenvalue weighted by Gasteiger charge is 2.03. The molecule has 0 atom stereocenters. The molecule has 0 saturated heterocycles. The molecule has 3 aromatic carbocycles. The number of amides is 1. The molecule has 0 radical (unpaired) electrons. The standard InChI is InChI=1S/C22H19BrN2O3/c1-27-20-12-6-18(7-13-20)22(26)25-24-14-16-4-10-21(11-5-16)28-15-17-2-8-19(23)9-3-17/h2-14H,15H2,1H3,(H,25,26)/b24-14-. The van der Waals surface area contributed by atoms with Crippen molar-refractivity contribution < 1.29 is 14.3 Å². The zero-order valence-corrected chi connectivity index (χ0v) is 16.8. The van der Waals surface area contributed by atoms with E-state index in [0.29, 0.717) is 17.9 Å². The number of nitrogens with zero attached hydrogens (tertiary/aromatic N) is 1. The number of halogens is 1. The number of nitrogens with one attached hydrogen (secondary N) is 1. The SMILES string of the molecule is COc1ccc(C(=O)N/N=C\c2ccc(OCc3ccc(Br)cc3)cc2)cc1. The molecule has 0 fully saturated rings. The van der Waals surface area contributed by atoms with Crippen LogP contribution in [0.3, 0.4) is 0 Å². The van der Waals surface area contributed by atoms with Crippen molar-refractivity contribution in [3.8, 4) is 11.5 Å². The molecule has 0 aliphatic heterocycles. The van der Waals surface area contributed by atoms with Crippen LogP contribution in [0.15, 0.2) is 82.4 Å². The summed E-state index contributed by atoms with van der Waals surface area (Å²) in [5.74, 6) is 1.18. The Labute approximate surface area is 172 Å². The first-order valence-electron chi connectivity index (χ1n) is 8.59. The summed E-state index contributed by atoms with van der Waals surface area (Å²) in [5.41, 5.74) is 4.96. The van der Waals surface area contributed by atoms with E-state index in [0.717, 1.165) is 21.3 Å². The molecular formula is C22H19BrN2O3. The summed E-state index contributed by atoms with van der Waals surface area (Å²) in [4.78, 5) is 12.0. The van der Waals surface area contributed by atoms with Gasteiger partial charge in [0.05, 0.1) is 13.3 Å². The summed E-state index contributed by atoms with van der Waals surface area (Å²) in [6.07, 6.45) is 1.58. The Morgan fingerprint density at radius 2 is 1.61 bits per heavy atom. The molecule has 0 aliphatic carbocycles. The normalized spacial score (nSPS) is 10.6. The monoisotopic (exact) mass is 438 g/mol. The number of hydrogen-bond donors (Lipinski definition) is 1. The number of carbonyl (C=O) groups is 1. The first-order valence-corrected chi connectivity index (χ1v) is 9.38. The number of hydrogen-bond acceptors (Lipinski definition) is 4. The second-order valence-electron chi connectivity index (χ2n) is 5.91. The Morgan fingerprint density at radius 3 is 2.25 bits per heavy atom. The van der Waals surface area contributed by atoms with E-state index in [1.54, 1.807) is 37.6 Å². The van der Waals surface area contributed by atoms with Crippen molar-refractivity contribution in [3.05, 3.63) is 94.0 Å². The molecule has 142 valence electrons. The first-order chi connectivity index (χ1) is 13.6. The molecule has 1 amide bonds. The van der Waals surface area contributed by atoms with Crippen LogP contribution in [0.5, 0.6) is 11.5 Å². The molecule has 0 bridgehead atoms. The topological polar surface area (TPSA) is 59.9 Å². The molecule has 0 aliphatic rings. The lowest BCUT2D eigenvalue weighted by molar-refractivity contribution is 0.0955. The number of benzene rings is 3. The Morgan fingerprint density at radius 1 is 0.964 bits per heavy atom. The molecule has 0 heterocycles. The van der Waals surface area contributed by atoms with Crippen LogP contribution in [0.2, 0.25) is 0 Å². The van der Waals surface area contributed by atoms with Crippen molar-refractivity contribution in [2.45, 2.75) is 6.61 Å². The molecule has 28 heavy (non-hydrogen) atoms. The smallest absolute Gasteiger partial charge is 0.271 e. The maximum Gasteiger partial charge on any atom is 0.271 e. The fourth-order valence-electron chi connectivity index (χ4n) is 2.37. The summed E-state index contributed by atoms with van der Waals surface area (Å²) in [5, 5.41) is 3.99. The Balaban J connectivity index is 1.50. The van der Waals surface area contributed by atoms with Crippen LogP contribution >= 0.6 is 15.9 Å². The van der Waals surface area contributed by atoms with Gasteiger partial charge in [-0.05, 0) is 71.8 Å². The summed E-state index contributed by atoms with van der Waals surface area (Å²) in [7, 11) is 1.58. The van der Waals surface area contributed by atoms with Crippen LogP contribution in [0.1, 0.15) is 21.5 Å². The van der Waals surface area contributed by atoms with Crippen LogP contribution < -0.4 is 14.9 Å². The van der Waals surface area contributed by atoms with Crippen molar-refractivity contribution in [3.63, 3.8) is 0 Å². The summed E-state index contributed by atoms with van der Waals surface area (Å²) < 4.78 is 11.9. The second-order valence-corrected chi connectivity index (χ2v) is 6.83. The largest absolute Gasteiger partial charge is 0.497 e. The number of carbonyl (C=O) groups excluding carboxylic acids is 1. The minimum atomic E-state index is -0.284. The molecular weight excluding hydrogens is 420 g/mol. The zero-order valence-electron chi connectivity index (χ0n) is 15.3. The molecule has 0 saturated carbocycles. The van der Waals surface area contributed by atoms with Gasteiger partial charge in [-0.2, -0.15) is 5.10 Å². The number of ether oxygens (including phenoxy) is 2. The molecule has 5 nitrogen and oxygen atoms in total. The van der Waals surface area contributed by atoms with Crippen molar-refractivity contribution in [1.82, 2.24) is 5.43 Å². The van der Waals surface area contributed by atoms with Gasteiger partial charge < -0.3 is 9.47 Å². The van der Waals surface area contributed by atoms with E-state index in [-0.39, 0.29) is 5.91 Å². The van der Waals surface area contributed by atoms with E-state index in [4.69, 9.17) is 9.47 Å². The summed E-state index contributed by atoms with van der Waals surface area (Å²) in [6.45, 7) is 0.499. The van der Waals surface area contributed by atoms with Gasteiger partial charge in [0.25, 0.3) is 5.91 Å². The number of rotatable bonds is 7. The third kappa shape index (κ3) is 5.69. The van der Waals surface area contributed by atoms with Crippen molar-refractivity contribution in [2.75, 3.05) is 7.11 Å². The van der Waals surface area contributed by atoms with Gasteiger partial charge in [-0.25, -0.2) is 5.43 Å². The molecule has 0 spiro atoms. The zero-order chi connectivity index (χ0) is 19.8. The fourth-order valence-corrected chi connectivity index (χ4v) is 2.63. The molecule has 0 aromatic heterocycles. The lowest BCUT2D eigenvalue weighted by Crippen LogP contribution is -2.17. The maximum absolute atomic E-state index is 12.0. The van der Waals surface area contributed by atoms with Gasteiger partial charge in [0.2, 0.25) is 0 Å². The van der Waals surface area contributed by atoms with Gasteiger partial charge in [0, 0.05) is 10.0 Å². The quantitative estimate of drug-likeness (QED) is 0.425.